The Labute approximate surface area is 85.4 Å². The lowest BCUT2D eigenvalue weighted by molar-refractivity contribution is 0.409. The molecule has 1 aliphatic rings. The molecule has 2 N–H and O–H groups in total. The van der Waals surface area contributed by atoms with Gasteiger partial charge in [-0.05, 0) is 34.8 Å². The van der Waals surface area contributed by atoms with Gasteiger partial charge in [-0.25, -0.2) is 0 Å². The maximum absolute atomic E-state index is 6.04. The van der Waals surface area contributed by atoms with Gasteiger partial charge in [0.1, 0.15) is 5.75 Å². The smallest absolute Gasteiger partial charge is 0.136 e. The van der Waals surface area contributed by atoms with Crippen molar-refractivity contribution in [3.63, 3.8) is 0 Å². The van der Waals surface area contributed by atoms with Crippen molar-refractivity contribution in [2.24, 2.45) is 5.73 Å². The van der Waals surface area contributed by atoms with Crippen LogP contribution >= 0.6 is 15.9 Å². The number of hydrogen-bond donors (Lipinski definition) is 1. The average molecular weight is 243 g/mol. The lowest BCUT2D eigenvalue weighted by atomic mass is 10.2. The first-order valence-electron chi connectivity index (χ1n) is 4.15. The van der Waals surface area contributed by atoms with Gasteiger partial charge in [-0.3, -0.25) is 4.98 Å². The monoisotopic (exact) mass is 242 g/mol. The predicted molar refractivity (Wildman–Crippen MR) is 53.6 cm³/mol. The highest BCUT2D eigenvalue weighted by molar-refractivity contribution is 9.10. The molecule has 0 amide bonds. The van der Waals surface area contributed by atoms with Crippen molar-refractivity contribution in [2.45, 2.75) is 18.4 Å². The summed E-state index contributed by atoms with van der Waals surface area (Å²) in [7, 11) is 1.64. The van der Waals surface area contributed by atoms with Crippen LogP contribution in [0.1, 0.15) is 18.5 Å². The SMILES string of the molecule is COc1ccnc(C2(N)CC2)c1Br. The summed E-state index contributed by atoms with van der Waals surface area (Å²) in [5.74, 6) is 0.793. The van der Waals surface area contributed by atoms with Crippen LogP contribution in [-0.2, 0) is 5.54 Å². The molecule has 4 heteroatoms. The van der Waals surface area contributed by atoms with Crippen molar-refractivity contribution >= 4 is 15.9 Å². The van der Waals surface area contributed by atoms with E-state index in [4.69, 9.17) is 10.5 Å². The second-order valence-electron chi connectivity index (χ2n) is 3.33. The molecule has 0 spiro atoms. The third-order valence-corrected chi connectivity index (χ3v) is 3.10. The molecule has 1 fully saturated rings. The fourth-order valence-electron chi connectivity index (χ4n) is 1.30. The van der Waals surface area contributed by atoms with Crippen molar-refractivity contribution in [2.75, 3.05) is 7.11 Å². The average Bonchev–Trinajstić information content (AvgIpc) is 2.85. The number of rotatable bonds is 2. The fourth-order valence-corrected chi connectivity index (χ4v) is 2.09. The maximum Gasteiger partial charge on any atom is 0.136 e. The van der Waals surface area contributed by atoms with Gasteiger partial charge in [-0.2, -0.15) is 0 Å². The van der Waals surface area contributed by atoms with Gasteiger partial charge in [0.15, 0.2) is 0 Å². The Morgan fingerprint density at radius 3 is 2.85 bits per heavy atom. The van der Waals surface area contributed by atoms with Gasteiger partial charge in [-0.15, -0.1) is 0 Å². The van der Waals surface area contributed by atoms with E-state index >= 15 is 0 Å². The van der Waals surface area contributed by atoms with E-state index in [0.29, 0.717) is 0 Å². The third kappa shape index (κ3) is 1.44. The minimum Gasteiger partial charge on any atom is -0.495 e. The molecule has 1 saturated carbocycles. The van der Waals surface area contributed by atoms with E-state index < -0.39 is 0 Å². The molecule has 2 rings (SSSR count). The molecular weight excluding hydrogens is 232 g/mol. The summed E-state index contributed by atoms with van der Waals surface area (Å²) in [6, 6.07) is 1.82. The lowest BCUT2D eigenvalue weighted by Crippen LogP contribution is -2.21. The molecule has 3 nitrogen and oxygen atoms in total. The number of pyridine rings is 1. The van der Waals surface area contributed by atoms with Crippen LogP contribution in [-0.4, -0.2) is 12.1 Å². The molecule has 70 valence electrons. The molecular formula is C9H11BrN2O. The van der Waals surface area contributed by atoms with Gasteiger partial charge < -0.3 is 10.5 Å². The number of nitrogens with zero attached hydrogens (tertiary/aromatic N) is 1. The fraction of sp³-hybridized carbons (Fsp3) is 0.444. The van der Waals surface area contributed by atoms with Crippen LogP contribution in [0.15, 0.2) is 16.7 Å². The number of nitrogens with two attached hydrogens (primary N) is 1. The van der Waals surface area contributed by atoms with Crippen molar-refractivity contribution < 1.29 is 4.74 Å². The van der Waals surface area contributed by atoms with Crippen molar-refractivity contribution in [3.8, 4) is 5.75 Å². The topological polar surface area (TPSA) is 48.1 Å². The maximum atomic E-state index is 6.04. The Morgan fingerprint density at radius 1 is 1.62 bits per heavy atom. The minimum absolute atomic E-state index is 0.215. The zero-order valence-corrected chi connectivity index (χ0v) is 8.97. The van der Waals surface area contributed by atoms with Crippen LogP contribution in [0, 0.1) is 0 Å². The molecule has 0 unspecified atom stereocenters. The predicted octanol–water partition coefficient (Wildman–Crippen LogP) is 1.80. The number of hydrogen-bond acceptors (Lipinski definition) is 3. The first kappa shape index (κ1) is 8.97. The molecule has 1 heterocycles. The molecule has 0 aromatic carbocycles. The third-order valence-electron chi connectivity index (χ3n) is 2.33. The van der Waals surface area contributed by atoms with E-state index in [1.165, 1.54) is 0 Å². The molecule has 1 aliphatic carbocycles. The van der Waals surface area contributed by atoms with E-state index in [1.54, 1.807) is 13.3 Å². The summed E-state index contributed by atoms with van der Waals surface area (Å²) >= 11 is 3.45. The highest BCUT2D eigenvalue weighted by Crippen LogP contribution is 2.46. The summed E-state index contributed by atoms with van der Waals surface area (Å²) in [6.45, 7) is 0. The van der Waals surface area contributed by atoms with Crippen LogP contribution in [0.3, 0.4) is 0 Å². The standard InChI is InChI=1S/C9H11BrN2O/c1-13-6-2-5-12-8(7(6)10)9(11)3-4-9/h2,5H,3-4,11H2,1H3. The van der Waals surface area contributed by atoms with Crippen LogP contribution in [0.4, 0.5) is 0 Å². The van der Waals surface area contributed by atoms with E-state index in [2.05, 4.69) is 20.9 Å². The van der Waals surface area contributed by atoms with E-state index in [1.807, 2.05) is 6.07 Å². The van der Waals surface area contributed by atoms with Gasteiger partial charge in [-0.1, -0.05) is 0 Å². The Hall–Kier alpha value is -0.610. The van der Waals surface area contributed by atoms with E-state index in [0.717, 1.165) is 28.8 Å². The normalized spacial score (nSPS) is 18.4. The minimum atomic E-state index is -0.215. The molecule has 0 atom stereocenters. The molecule has 0 saturated heterocycles. The second-order valence-corrected chi connectivity index (χ2v) is 4.12. The first-order valence-corrected chi connectivity index (χ1v) is 4.94. The Kier molecular flexibility index (Phi) is 2.04. The summed E-state index contributed by atoms with van der Waals surface area (Å²) in [5, 5.41) is 0. The molecule has 13 heavy (non-hydrogen) atoms. The second kappa shape index (κ2) is 2.96. The quantitative estimate of drug-likeness (QED) is 0.861. The number of halogens is 1. The summed E-state index contributed by atoms with van der Waals surface area (Å²) < 4.78 is 6.05. The summed E-state index contributed by atoms with van der Waals surface area (Å²) in [5.41, 5.74) is 6.74. The number of aromatic nitrogens is 1. The molecule has 1 aromatic heterocycles. The van der Waals surface area contributed by atoms with Gasteiger partial charge in [0, 0.05) is 6.20 Å². The van der Waals surface area contributed by atoms with Crippen LogP contribution in [0.5, 0.6) is 5.75 Å². The zero-order chi connectivity index (χ0) is 9.47. The van der Waals surface area contributed by atoms with Gasteiger partial charge >= 0.3 is 0 Å². The molecule has 1 aromatic rings. The summed E-state index contributed by atoms with van der Waals surface area (Å²) in [4.78, 5) is 4.27. The van der Waals surface area contributed by atoms with Gasteiger partial charge in [0.25, 0.3) is 0 Å². The van der Waals surface area contributed by atoms with Gasteiger partial charge in [0.05, 0.1) is 22.8 Å². The lowest BCUT2D eigenvalue weighted by Gasteiger charge is -2.12. The van der Waals surface area contributed by atoms with Crippen molar-refractivity contribution in [1.82, 2.24) is 4.98 Å². The Bertz CT molecular complexity index is 336. The number of methoxy groups -OCH3 is 1. The van der Waals surface area contributed by atoms with E-state index in [-0.39, 0.29) is 5.54 Å². The van der Waals surface area contributed by atoms with Crippen LogP contribution in [0.2, 0.25) is 0 Å². The van der Waals surface area contributed by atoms with E-state index in [9.17, 15) is 0 Å². The van der Waals surface area contributed by atoms with Crippen molar-refractivity contribution in [1.29, 1.82) is 0 Å². The first-order chi connectivity index (χ1) is 6.17. The summed E-state index contributed by atoms with van der Waals surface area (Å²) in [6.07, 6.45) is 3.74. The largest absolute Gasteiger partial charge is 0.495 e. The molecule has 0 bridgehead atoms. The number of ether oxygens (including phenoxy) is 1. The van der Waals surface area contributed by atoms with Crippen LogP contribution < -0.4 is 10.5 Å². The highest BCUT2D eigenvalue weighted by Gasteiger charge is 2.43. The van der Waals surface area contributed by atoms with Crippen LogP contribution in [0.25, 0.3) is 0 Å². The molecule has 0 aliphatic heterocycles. The Morgan fingerprint density at radius 2 is 2.31 bits per heavy atom. The zero-order valence-electron chi connectivity index (χ0n) is 7.38. The Balaban J connectivity index is 2.46. The van der Waals surface area contributed by atoms with Crippen molar-refractivity contribution in [3.05, 3.63) is 22.4 Å². The molecule has 0 radical (unpaired) electrons. The van der Waals surface area contributed by atoms with Gasteiger partial charge in [0.2, 0.25) is 0 Å². The highest BCUT2D eigenvalue weighted by atomic mass is 79.9.